The standard InChI is InChI=1S/C4H8Cl3O2PS/c5-1-3-9-10(7,8)11-4-2-6/h1-4H2. The first-order chi connectivity index (χ1) is 5.12. The smallest absolute Gasteiger partial charge is 0.309 e. The van der Waals surface area contributed by atoms with Crippen LogP contribution in [-0.4, -0.2) is 24.1 Å². The molecule has 0 aromatic rings. The fourth-order valence-corrected chi connectivity index (χ4v) is 3.94. The van der Waals surface area contributed by atoms with Crippen molar-refractivity contribution in [2.75, 3.05) is 24.1 Å². The number of hydrogen-bond donors (Lipinski definition) is 0. The maximum Gasteiger partial charge on any atom is 0.346 e. The summed E-state index contributed by atoms with van der Waals surface area (Å²) < 4.78 is 15.9. The molecule has 0 amide bonds. The molecule has 0 N–H and O–H groups in total. The van der Waals surface area contributed by atoms with Crippen LogP contribution in [0.25, 0.3) is 0 Å². The Bertz CT molecular complexity index is 133. The lowest BCUT2D eigenvalue weighted by molar-refractivity contribution is 0.359. The molecule has 0 saturated heterocycles. The minimum atomic E-state index is -3.01. The highest BCUT2D eigenvalue weighted by molar-refractivity contribution is 8.63. The highest BCUT2D eigenvalue weighted by Gasteiger charge is 2.18. The Morgan fingerprint density at radius 2 is 2.00 bits per heavy atom. The monoisotopic (exact) mass is 256 g/mol. The SMILES string of the molecule is O=P(Cl)(OCCCl)SCCCl. The van der Waals surface area contributed by atoms with Gasteiger partial charge in [0.05, 0.1) is 6.61 Å². The minimum absolute atomic E-state index is 0.206. The number of halogens is 3. The number of alkyl halides is 2. The topological polar surface area (TPSA) is 26.3 Å². The van der Waals surface area contributed by atoms with E-state index < -0.39 is 5.92 Å². The van der Waals surface area contributed by atoms with Gasteiger partial charge >= 0.3 is 5.92 Å². The molecule has 0 aliphatic rings. The van der Waals surface area contributed by atoms with Crippen molar-refractivity contribution in [3.63, 3.8) is 0 Å². The zero-order chi connectivity index (χ0) is 8.74. The summed E-state index contributed by atoms with van der Waals surface area (Å²) in [5, 5.41) is 0. The molecule has 1 unspecified atom stereocenters. The van der Waals surface area contributed by atoms with Gasteiger partial charge in [-0.2, -0.15) is 0 Å². The Hall–Kier alpha value is 1.41. The number of rotatable bonds is 6. The lowest BCUT2D eigenvalue weighted by atomic mass is 10.9. The second kappa shape index (κ2) is 6.88. The van der Waals surface area contributed by atoms with Gasteiger partial charge in [0.25, 0.3) is 0 Å². The van der Waals surface area contributed by atoms with Gasteiger partial charge in [-0.05, 0) is 11.2 Å². The number of hydrogen-bond acceptors (Lipinski definition) is 3. The van der Waals surface area contributed by atoms with Gasteiger partial charge in [0.1, 0.15) is 0 Å². The Labute approximate surface area is 84.9 Å². The predicted molar refractivity (Wildman–Crippen MR) is 53.3 cm³/mol. The summed E-state index contributed by atoms with van der Waals surface area (Å²) in [5.74, 6) is -1.79. The van der Waals surface area contributed by atoms with Gasteiger partial charge in [-0.15, -0.1) is 23.2 Å². The average molecular weight is 258 g/mol. The Morgan fingerprint density at radius 3 is 2.45 bits per heavy atom. The third kappa shape index (κ3) is 7.76. The first kappa shape index (κ1) is 12.4. The van der Waals surface area contributed by atoms with Crippen molar-refractivity contribution >= 4 is 51.7 Å². The van der Waals surface area contributed by atoms with Gasteiger partial charge in [0.2, 0.25) is 0 Å². The lowest BCUT2D eigenvalue weighted by Crippen LogP contribution is -1.89. The van der Waals surface area contributed by atoms with Crippen molar-refractivity contribution in [1.29, 1.82) is 0 Å². The van der Waals surface area contributed by atoms with Gasteiger partial charge in [-0.1, -0.05) is 11.4 Å². The van der Waals surface area contributed by atoms with Crippen molar-refractivity contribution in [3.8, 4) is 0 Å². The normalized spacial score (nSPS) is 16.3. The maximum atomic E-state index is 11.1. The van der Waals surface area contributed by atoms with Crippen LogP contribution in [0, 0.1) is 0 Å². The largest absolute Gasteiger partial charge is 0.346 e. The molecular weight excluding hydrogens is 249 g/mol. The van der Waals surface area contributed by atoms with E-state index in [1.165, 1.54) is 0 Å². The van der Waals surface area contributed by atoms with Crippen LogP contribution in [0.5, 0.6) is 0 Å². The van der Waals surface area contributed by atoms with Crippen LogP contribution in [-0.2, 0) is 9.09 Å². The van der Waals surface area contributed by atoms with Crippen LogP contribution in [0.1, 0.15) is 0 Å². The zero-order valence-electron chi connectivity index (χ0n) is 5.63. The molecule has 0 fully saturated rings. The molecular formula is C4H8Cl3O2PS. The highest BCUT2D eigenvalue weighted by Crippen LogP contribution is 2.64. The Balaban J connectivity index is 3.53. The maximum absolute atomic E-state index is 11.1. The molecule has 68 valence electrons. The van der Waals surface area contributed by atoms with Crippen LogP contribution in [0.15, 0.2) is 0 Å². The average Bonchev–Trinajstić information content (AvgIpc) is 1.97. The van der Waals surface area contributed by atoms with Crippen LogP contribution < -0.4 is 0 Å². The first-order valence-electron chi connectivity index (χ1n) is 2.83. The van der Waals surface area contributed by atoms with Gasteiger partial charge in [-0.25, -0.2) is 0 Å². The van der Waals surface area contributed by atoms with Crippen LogP contribution >= 0.6 is 51.7 Å². The van der Waals surface area contributed by atoms with Crippen molar-refractivity contribution in [3.05, 3.63) is 0 Å². The quantitative estimate of drug-likeness (QED) is 0.537. The van der Waals surface area contributed by atoms with Crippen molar-refractivity contribution < 1.29 is 9.09 Å². The fourth-order valence-electron chi connectivity index (χ4n) is 0.324. The van der Waals surface area contributed by atoms with E-state index in [1.807, 2.05) is 0 Å². The molecule has 0 aromatic heterocycles. The van der Waals surface area contributed by atoms with E-state index in [0.29, 0.717) is 11.6 Å². The third-order valence-corrected chi connectivity index (χ3v) is 5.36. The second-order valence-electron chi connectivity index (χ2n) is 1.48. The van der Waals surface area contributed by atoms with Gasteiger partial charge in [0, 0.05) is 17.5 Å². The predicted octanol–water partition coefficient (Wildman–Crippen LogP) is 3.56. The molecule has 0 heterocycles. The van der Waals surface area contributed by atoms with E-state index in [2.05, 4.69) is 0 Å². The van der Waals surface area contributed by atoms with E-state index in [0.717, 1.165) is 11.4 Å². The Morgan fingerprint density at radius 1 is 1.36 bits per heavy atom. The summed E-state index contributed by atoms with van der Waals surface area (Å²) in [6.45, 7) is 0.206. The summed E-state index contributed by atoms with van der Waals surface area (Å²) in [6, 6.07) is 0. The van der Waals surface area contributed by atoms with E-state index in [4.69, 9.17) is 39.0 Å². The van der Waals surface area contributed by atoms with E-state index in [9.17, 15) is 4.57 Å². The van der Waals surface area contributed by atoms with Crippen molar-refractivity contribution in [2.45, 2.75) is 0 Å². The van der Waals surface area contributed by atoms with Crippen LogP contribution in [0.3, 0.4) is 0 Å². The van der Waals surface area contributed by atoms with Crippen molar-refractivity contribution in [2.24, 2.45) is 0 Å². The molecule has 0 radical (unpaired) electrons. The van der Waals surface area contributed by atoms with Gasteiger partial charge in [0.15, 0.2) is 0 Å². The summed E-state index contributed by atoms with van der Waals surface area (Å²) >= 11 is 17.2. The molecule has 0 bridgehead atoms. The summed E-state index contributed by atoms with van der Waals surface area (Å²) in [7, 11) is 0. The first-order valence-corrected chi connectivity index (χ1v) is 8.02. The zero-order valence-corrected chi connectivity index (χ0v) is 9.61. The molecule has 0 saturated carbocycles. The Kier molecular flexibility index (Phi) is 7.76. The second-order valence-corrected chi connectivity index (χ2v) is 8.17. The van der Waals surface area contributed by atoms with Crippen LogP contribution in [0.4, 0.5) is 0 Å². The van der Waals surface area contributed by atoms with Crippen LogP contribution in [0.2, 0.25) is 0 Å². The molecule has 0 aliphatic carbocycles. The van der Waals surface area contributed by atoms with Gasteiger partial charge in [-0.3, -0.25) is 4.57 Å². The summed E-state index contributed by atoms with van der Waals surface area (Å²) in [4.78, 5) is 0. The molecule has 11 heavy (non-hydrogen) atoms. The molecule has 1 atom stereocenters. The minimum Gasteiger partial charge on any atom is -0.309 e. The van der Waals surface area contributed by atoms with Gasteiger partial charge < -0.3 is 4.52 Å². The molecule has 2 nitrogen and oxygen atoms in total. The molecule has 0 aromatic carbocycles. The van der Waals surface area contributed by atoms with E-state index in [1.54, 1.807) is 0 Å². The molecule has 0 aliphatic heterocycles. The summed E-state index contributed by atoms with van der Waals surface area (Å²) in [6.07, 6.45) is 0. The molecule has 7 heteroatoms. The lowest BCUT2D eigenvalue weighted by Gasteiger charge is -2.07. The molecule has 0 spiro atoms. The summed E-state index contributed by atoms with van der Waals surface area (Å²) in [5.41, 5.74) is 0. The molecule has 0 rings (SSSR count). The fraction of sp³-hybridized carbons (Fsp3) is 1.00. The highest BCUT2D eigenvalue weighted by atomic mass is 35.7. The van der Waals surface area contributed by atoms with E-state index >= 15 is 0 Å². The van der Waals surface area contributed by atoms with Crippen molar-refractivity contribution in [1.82, 2.24) is 0 Å². The third-order valence-electron chi connectivity index (χ3n) is 0.645. The van der Waals surface area contributed by atoms with E-state index in [-0.39, 0.29) is 12.5 Å².